The van der Waals surface area contributed by atoms with E-state index in [4.69, 9.17) is 10.3 Å². The van der Waals surface area contributed by atoms with Gasteiger partial charge in [-0.15, -0.1) is 0 Å². The molecule has 3 nitrogen and oxygen atoms in total. The summed E-state index contributed by atoms with van der Waals surface area (Å²) in [5.74, 6) is 1.14. The Morgan fingerprint density at radius 2 is 2.13 bits per heavy atom. The first-order chi connectivity index (χ1) is 7.20. The molecule has 0 saturated carbocycles. The van der Waals surface area contributed by atoms with Crippen molar-refractivity contribution in [3.8, 4) is 11.3 Å². The van der Waals surface area contributed by atoms with Crippen LogP contribution in [-0.2, 0) is 6.42 Å². The molecule has 0 spiro atoms. The summed E-state index contributed by atoms with van der Waals surface area (Å²) in [4.78, 5) is 0. The van der Waals surface area contributed by atoms with E-state index in [9.17, 15) is 0 Å². The van der Waals surface area contributed by atoms with Crippen molar-refractivity contribution in [2.45, 2.75) is 20.3 Å². The molecule has 1 aromatic carbocycles. The van der Waals surface area contributed by atoms with Gasteiger partial charge >= 0.3 is 0 Å². The summed E-state index contributed by atoms with van der Waals surface area (Å²) in [5.41, 5.74) is 9.16. The van der Waals surface area contributed by atoms with Gasteiger partial charge in [-0.2, -0.15) is 0 Å². The highest BCUT2D eigenvalue weighted by Gasteiger charge is 2.06. The lowest BCUT2D eigenvalue weighted by molar-refractivity contribution is 0.436. The lowest BCUT2D eigenvalue weighted by atomic mass is 10.0. The summed E-state index contributed by atoms with van der Waals surface area (Å²) in [6.07, 6.45) is 1.02. The third kappa shape index (κ3) is 1.86. The second-order valence-corrected chi connectivity index (χ2v) is 3.61. The number of rotatable bonds is 2. The van der Waals surface area contributed by atoms with Gasteiger partial charge in [0.1, 0.15) is 0 Å². The van der Waals surface area contributed by atoms with Crippen LogP contribution in [0.3, 0.4) is 0 Å². The van der Waals surface area contributed by atoms with E-state index in [0.717, 1.165) is 17.7 Å². The van der Waals surface area contributed by atoms with Gasteiger partial charge in [-0.05, 0) is 30.5 Å². The maximum atomic E-state index is 5.51. The fraction of sp³-hybridized carbons (Fsp3) is 0.250. The summed E-state index contributed by atoms with van der Waals surface area (Å²) in [6.45, 7) is 4.25. The first-order valence-electron chi connectivity index (χ1n) is 5.03. The fourth-order valence-corrected chi connectivity index (χ4v) is 1.63. The lowest BCUT2D eigenvalue weighted by Crippen LogP contribution is -1.87. The molecule has 78 valence electrons. The van der Waals surface area contributed by atoms with Crippen molar-refractivity contribution in [2.75, 3.05) is 5.73 Å². The van der Waals surface area contributed by atoms with Crippen LogP contribution in [0.15, 0.2) is 28.8 Å². The number of hydrogen-bond acceptors (Lipinski definition) is 3. The Hall–Kier alpha value is -1.77. The monoisotopic (exact) mass is 202 g/mol. The van der Waals surface area contributed by atoms with Crippen LogP contribution >= 0.6 is 0 Å². The molecule has 15 heavy (non-hydrogen) atoms. The summed E-state index contributed by atoms with van der Waals surface area (Å²) in [6, 6.07) is 7.97. The summed E-state index contributed by atoms with van der Waals surface area (Å²) >= 11 is 0. The molecular formula is C12H14N2O. The van der Waals surface area contributed by atoms with Crippen molar-refractivity contribution in [3.05, 3.63) is 35.4 Å². The van der Waals surface area contributed by atoms with Gasteiger partial charge < -0.3 is 10.3 Å². The van der Waals surface area contributed by atoms with Gasteiger partial charge in [-0.3, -0.25) is 0 Å². The maximum Gasteiger partial charge on any atom is 0.169 e. The van der Waals surface area contributed by atoms with Crippen LogP contribution in [0.1, 0.15) is 18.1 Å². The van der Waals surface area contributed by atoms with Crippen LogP contribution in [0, 0.1) is 6.92 Å². The van der Waals surface area contributed by atoms with Crippen molar-refractivity contribution < 1.29 is 4.52 Å². The Morgan fingerprint density at radius 3 is 2.73 bits per heavy atom. The van der Waals surface area contributed by atoms with Gasteiger partial charge in [-0.1, -0.05) is 24.2 Å². The lowest BCUT2D eigenvalue weighted by Gasteiger charge is -2.04. The molecule has 2 rings (SSSR count). The molecule has 0 saturated heterocycles. The summed E-state index contributed by atoms with van der Waals surface area (Å²) in [5, 5.41) is 3.67. The zero-order valence-corrected chi connectivity index (χ0v) is 8.95. The second-order valence-electron chi connectivity index (χ2n) is 3.61. The highest BCUT2D eigenvalue weighted by Crippen LogP contribution is 2.24. The van der Waals surface area contributed by atoms with Crippen LogP contribution in [0.2, 0.25) is 0 Å². The Morgan fingerprint density at radius 1 is 1.33 bits per heavy atom. The van der Waals surface area contributed by atoms with E-state index in [2.05, 4.69) is 31.1 Å². The third-order valence-electron chi connectivity index (χ3n) is 2.54. The number of hydrogen-bond donors (Lipinski definition) is 1. The predicted molar refractivity (Wildman–Crippen MR) is 60.5 cm³/mol. The molecule has 1 heterocycles. The zero-order valence-electron chi connectivity index (χ0n) is 8.95. The molecule has 0 radical (unpaired) electrons. The van der Waals surface area contributed by atoms with E-state index in [1.54, 1.807) is 6.07 Å². The van der Waals surface area contributed by atoms with Crippen molar-refractivity contribution >= 4 is 5.82 Å². The molecule has 0 bridgehead atoms. The Labute approximate surface area is 88.9 Å². The molecule has 0 unspecified atom stereocenters. The molecular weight excluding hydrogens is 188 g/mol. The molecule has 3 heteroatoms. The van der Waals surface area contributed by atoms with E-state index in [0.29, 0.717) is 5.82 Å². The minimum Gasteiger partial charge on any atom is -0.381 e. The number of nitrogens with two attached hydrogens (primary N) is 1. The topological polar surface area (TPSA) is 52.0 Å². The highest BCUT2D eigenvalue weighted by molar-refractivity contribution is 5.61. The van der Waals surface area contributed by atoms with Crippen LogP contribution in [0.4, 0.5) is 5.82 Å². The summed E-state index contributed by atoms with van der Waals surface area (Å²) in [7, 11) is 0. The van der Waals surface area contributed by atoms with Crippen LogP contribution in [0.25, 0.3) is 11.3 Å². The zero-order chi connectivity index (χ0) is 10.8. The van der Waals surface area contributed by atoms with Gasteiger partial charge in [0.15, 0.2) is 11.6 Å². The van der Waals surface area contributed by atoms with E-state index < -0.39 is 0 Å². The third-order valence-corrected chi connectivity index (χ3v) is 2.54. The first kappa shape index (κ1) is 9.77. The molecule has 0 amide bonds. The van der Waals surface area contributed by atoms with Gasteiger partial charge in [0.2, 0.25) is 0 Å². The molecule has 0 aliphatic rings. The Bertz CT molecular complexity index is 474. The number of nitrogen functional groups attached to an aromatic ring is 1. The second kappa shape index (κ2) is 3.77. The minimum atomic E-state index is 0.420. The fourth-order valence-electron chi connectivity index (χ4n) is 1.63. The standard InChI is InChI=1S/C12H14N2O/c1-3-9-6-10(5-4-8(9)2)11-7-12(13)14-15-11/h4-7H,3H2,1-2H3,(H2,13,14). The largest absolute Gasteiger partial charge is 0.381 e. The van der Waals surface area contributed by atoms with Crippen LogP contribution in [-0.4, -0.2) is 5.16 Å². The van der Waals surface area contributed by atoms with Crippen molar-refractivity contribution in [1.29, 1.82) is 0 Å². The quantitative estimate of drug-likeness (QED) is 0.814. The van der Waals surface area contributed by atoms with E-state index in [1.807, 2.05) is 6.07 Å². The Kier molecular flexibility index (Phi) is 2.46. The molecule has 0 aliphatic heterocycles. The minimum absolute atomic E-state index is 0.420. The SMILES string of the molecule is CCc1cc(-c2cc(N)no2)ccc1C. The van der Waals surface area contributed by atoms with E-state index >= 15 is 0 Å². The molecule has 2 aromatic rings. The predicted octanol–water partition coefficient (Wildman–Crippen LogP) is 2.79. The molecule has 2 N–H and O–H groups in total. The van der Waals surface area contributed by atoms with Crippen molar-refractivity contribution in [2.24, 2.45) is 0 Å². The van der Waals surface area contributed by atoms with Crippen LogP contribution < -0.4 is 5.73 Å². The number of benzene rings is 1. The molecule has 0 aliphatic carbocycles. The summed E-state index contributed by atoms with van der Waals surface area (Å²) < 4.78 is 5.11. The van der Waals surface area contributed by atoms with Crippen LogP contribution in [0.5, 0.6) is 0 Å². The average Bonchev–Trinajstić information content (AvgIpc) is 2.66. The van der Waals surface area contributed by atoms with Crippen molar-refractivity contribution in [3.63, 3.8) is 0 Å². The molecule has 1 aromatic heterocycles. The average molecular weight is 202 g/mol. The number of aromatic nitrogens is 1. The van der Waals surface area contributed by atoms with Gasteiger partial charge in [0.25, 0.3) is 0 Å². The number of aryl methyl sites for hydroxylation is 2. The van der Waals surface area contributed by atoms with Gasteiger partial charge in [0, 0.05) is 11.6 Å². The van der Waals surface area contributed by atoms with Gasteiger partial charge in [-0.25, -0.2) is 0 Å². The number of nitrogens with zero attached hydrogens (tertiary/aromatic N) is 1. The normalized spacial score (nSPS) is 10.5. The van der Waals surface area contributed by atoms with Gasteiger partial charge in [0.05, 0.1) is 0 Å². The number of anilines is 1. The highest BCUT2D eigenvalue weighted by atomic mass is 16.5. The van der Waals surface area contributed by atoms with E-state index in [-0.39, 0.29) is 0 Å². The van der Waals surface area contributed by atoms with E-state index in [1.165, 1.54) is 11.1 Å². The maximum absolute atomic E-state index is 5.51. The first-order valence-corrected chi connectivity index (χ1v) is 5.03. The smallest absolute Gasteiger partial charge is 0.169 e. The van der Waals surface area contributed by atoms with Crippen molar-refractivity contribution in [1.82, 2.24) is 5.16 Å². The molecule has 0 atom stereocenters. The molecule has 0 fully saturated rings. The Balaban J connectivity index is 2.45.